The highest BCUT2D eigenvalue weighted by Crippen LogP contribution is 2.37. The lowest BCUT2D eigenvalue weighted by Gasteiger charge is -2.24. The van der Waals surface area contributed by atoms with Gasteiger partial charge in [-0.15, -0.1) is 5.10 Å². The molecule has 0 aliphatic carbocycles. The third kappa shape index (κ3) is 6.12. The largest absolute Gasteiger partial charge is 0.494 e. The van der Waals surface area contributed by atoms with E-state index >= 15 is 0 Å². The molecule has 10 nitrogen and oxygen atoms in total. The molecule has 4 aromatic rings. The first kappa shape index (κ1) is 31.0. The molecule has 2 atom stereocenters. The number of aliphatic carboxylic acids is 1. The van der Waals surface area contributed by atoms with Crippen molar-refractivity contribution < 1.29 is 27.8 Å². The van der Waals surface area contributed by atoms with Crippen LogP contribution in [0.5, 0.6) is 11.5 Å². The van der Waals surface area contributed by atoms with Gasteiger partial charge in [0.1, 0.15) is 33.5 Å². The molecule has 0 bridgehead atoms. The lowest BCUT2D eigenvalue weighted by Crippen LogP contribution is -2.35. The molecule has 224 valence electrons. The van der Waals surface area contributed by atoms with Crippen LogP contribution < -0.4 is 9.47 Å². The van der Waals surface area contributed by atoms with E-state index in [1.807, 2.05) is 65.0 Å². The number of fused-ring (bicyclic) bond motifs is 2. The summed E-state index contributed by atoms with van der Waals surface area (Å²) in [4.78, 5) is 12.1. The van der Waals surface area contributed by atoms with E-state index in [0.717, 1.165) is 27.8 Å². The quantitative estimate of drug-likeness (QED) is 0.310. The first-order valence-electron chi connectivity index (χ1n) is 13.9. The maximum atomic E-state index is 13.7. The topological polar surface area (TPSA) is 124 Å². The number of rotatable bonds is 7. The Labute approximate surface area is 246 Å². The molecule has 0 radical (unpaired) electrons. The molecule has 2 unspecified atom stereocenters. The van der Waals surface area contributed by atoms with Gasteiger partial charge < -0.3 is 14.6 Å². The summed E-state index contributed by atoms with van der Waals surface area (Å²) in [7, 11) is -0.525. The molecular weight excluding hydrogens is 556 g/mol. The predicted molar refractivity (Wildman–Crippen MR) is 161 cm³/mol. The zero-order chi connectivity index (χ0) is 30.8. The highest BCUT2D eigenvalue weighted by atomic mass is 32.2. The second-order valence-corrected chi connectivity index (χ2v) is 12.2. The van der Waals surface area contributed by atoms with Crippen LogP contribution in [0.15, 0.2) is 53.4 Å². The van der Waals surface area contributed by atoms with Crippen LogP contribution >= 0.6 is 0 Å². The predicted octanol–water partition coefficient (Wildman–Crippen LogP) is 5.20. The fourth-order valence-electron chi connectivity index (χ4n) is 5.25. The van der Waals surface area contributed by atoms with Crippen molar-refractivity contribution in [2.45, 2.75) is 64.5 Å². The van der Waals surface area contributed by atoms with Gasteiger partial charge in [-0.2, -0.15) is 4.31 Å². The van der Waals surface area contributed by atoms with E-state index in [-0.39, 0.29) is 30.5 Å². The number of benzene rings is 3. The number of ether oxygens (including phenoxy) is 2. The normalized spacial score (nSPS) is 16.9. The third-order valence-corrected chi connectivity index (χ3v) is 9.17. The first-order valence-corrected chi connectivity index (χ1v) is 15.4. The maximum absolute atomic E-state index is 13.7. The summed E-state index contributed by atoms with van der Waals surface area (Å²) in [5.74, 6) is -0.584. The summed E-state index contributed by atoms with van der Waals surface area (Å²) < 4.78 is 42.1. The van der Waals surface area contributed by atoms with Gasteiger partial charge in [0.05, 0.1) is 20.1 Å². The third-order valence-electron chi connectivity index (χ3n) is 7.32. The van der Waals surface area contributed by atoms with Crippen molar-refractivity contribution in [2.75, 3.05) is 13.7 Å². The molecule has 0 fully saturated rings. The summed E-state index contributed by atoms with van der Waals surface area (Å²) in [5.41, 5.74) is 5.38. The molecule has 42 heavy (non-hydrogen) atoms. The highest BCUT2D eigenvalue weighted by molar-refractivity contribution is 7.89. The number of methoxy groups -OCH3 is 1. The number of nitrogens with zero attached hydrogens (tertiary/aromatic N) is 4. The van der Waals surface area contributed by atoms with Gasteiger partial charge in [-0.05, 0) is 72.9 Å². The van der Waals surface area contributed by atoms with Gasteiger partial charge in [0.25, 0.3) is 0 Å². The van der Waals surface area contributed by atoms with Crippen LogP contribution in [-0.2, 0) is 28.4 Å². The van der Waals surface area contributed by atoms with Gasteiger partial charge >= 0.3 is 5.97 Å². The number of hydrogen-bond donors (Lipinski definition) is 1. The smallest absolute Gasteiger partial charge is 0.304 e. The van der Waals surface area contributed by atoms with Crippen molar-refractivity contribution in [3.63, 3.8) is 0 Å². The van der Waals surface area contributed by atoms with E-state index in [1.54, 1.807) is 37.0 Å². The van der Waals surface area contributed by atoms with E-state index in [0.29, 0.717) is 22.5 Å². The Bertz CT molecular complexity index is 1720. The standard InChI is InChI=1S/C29H32N4O6S.C2H6/c1-17-6-9-27-25(10-17)39-19(3)15-33(40(27,36)37)16-22-11-20(8-7-18(22)2)23(14-28(34)35)21-12-24-29(26(13-21)38-5)32(4)31-30-24;1-2/h6-13,19,23H,14-16H2,1-5H3,(H,34,35);1-2H3. The minimum absolute atomic E-state index is 0.120. The molecule has 0 saturated carbocycles. The van der Waals surface area contributed by atoms with Crippen LogP contribution in [0.1, 0.15) is 60.9 Å². The van der Waals surface area contributed by atoms with Crippen LogP contribution in [0.2, 0.25) is 0 Å². The number of carboxylic acids is 1. The Kier molecular flexibility index (Phi) is 9.22. The zero-order valence-corrected chi connectivity index (χ0v) is 25.9. The van der Waals surface area contributed by atoms with Gasteiger partial charge in [0.2, 0.25) is 10.0 Å². The number of aromatic nitrogens is 3. The van der Waals surface area contributed by atoms with Crippen molar-refractivity contribution in [2.24, 2.45) is 7.05 Å². The molecule has 1 aromatic heterocycles. The number of hydrogen-bond acceptors (Lipinski definition) is 7. The second kappa shape index (κ2) is 12.5. The fourth-order valence-corrected chi connectivity index (χ4v) is 6.85. The molecule has 11 heteroatoms. The molecular formula is C31H38N4O6S. The summed E-state index contributed by atoms with van der Waals surface area (Å²) in [6, 6.07) is 14.4. The molecule has 1 aliphatic rings. The Balaban J connectivity index is 0.00000198. The molecule has 1 aliphatic heterocycles. The minimum Gasteiger partial charge on any atom is -0.494 e. The van der Waals surface area contributed by atoms with Gasteiger partial charge in [0.15, 0.2) is 0 Å². The van der Waals surface area contributed by atoms with E-state index in [2.05, 4.69) is 10.3 Å². The highest BCUT2D eigenvalue weighted by Gasteiger charge is 2.34. The van der Waals surface area contributed by atoms with Crippen LogP contribution in [0.4, 0.5) is 0 Å². The average molecular weight is 595 g/mol. The van der Waals surface area contributed by atoms with E-state index in [1.165, 1.54) is 4.31 Å². The number of carboxylic acid groups (broad SMARTS) is 1. The second-order valence-electron chi connectivity index (χ2n) is 10.3. The van der Waals surface area contributed by atoms with E-state index in [9.17, 15) is 18.3 Å². The van der Waals surface area contributed by atoms with Gasteiger partial charge in [-0.25, -0.2) is 13.1 Å². The lowest BCUT2D eigenvalue weighted by molar-refractivity contribution is -0.137. The van der Waals surface area contributed by atoms with Crippen molar-refractivity contribution in [1.82, 2.24) is 19.3 Å². The van der Waals surface area contributed by atoms with Crippen LogP contribution in [0.3, 0.4) is 0 Å². The van der Waals surface area contributed by atoms with E-state index < -0.39 is 21.9 Å². The Morgan fingerprint density at radius 3 is 2.55 bits per heavy atom. The molecule has 1 N–H and O–H groups in total. The molecule has 0 spiro atoms. The van der Waals surface area contributed by atoms with Crippen molar-refractivity contribution >= 4 is 27.0 Å². The Morgan fingerprint density at radius 1 is 1.12 bits per heavy atom. The lowest BCUT2D eigenvalue weighted by atomic mass is 9.86. The number of aryl methyl sites for hydroxylation is 3. The van der Waals surface area contributed by atoms with Crippen molar-refractivity contribution in [3.05, 3.63) is 76.3 Å². The Morgan fingerprint density at radius 2 is 1.86 bits per heavy atom. The number of sulfonamides is 1. The first-order chi connectivity index (χ1) is 20.0. The van der Waals surface area contributed by atoms with Gasteiger partial charge in [-0.3, -0.25) is 4.79 Å². The minimum atomic E-state index is -3.84. The van der Waals surface area contributed by atoms with Crippen molar-refractivity contribution in [1.29, 1.82) is 0 Å². The zero-order valence-electron chi connectivity index (χ0n) is 25.1. The fraction of sp³-hybridized carbons (Fsp3) is 0.387. The SMILES string of the molecule is CC.COc1cc(C(CC(=O)O)c2ccc(C)c(CN3CC(C)Oc4cc(C)ccc4S3(=O)=O)c2)cc2nnn(C)c12. The maximum Gasteiger partial charge on any atom is 0.304 e. The monoisotopic (exact) mass is 594 g/mol. The van der Waals surface area contributed by atoms with Crippen LogP contribution in [0, 0.1) is 13.8 Å². The molecule has 5 rings (SSSR count). The summed E-state index contributed by atoms with van der Waals surface area (Å²) in [6.07, 6.45) is -0.524. The average Bonchev–Trinajstić information content (AvgIpc) is 3.29. The van der Waals surface area contributed by atoms with Crippen molar-refractivity contribution in [3.8, 4) is 11.5 Å². The summed E-state index contributed by atoms with van der Waals surface area (Å²) in [6.45, 7) is 9.96. The summed E-state index contributed by atoms with van der Waals surface area (Å²) in [5, 5.41) is 18.1. The molecule has 0 amide bonds. The Hall–Kier alpha value is -3.96. The molecule has 3 aromatic carbocycles. The molecule has 0 saturated heterocycles. The van der Waals surface area contributed by atoms with Crippen LogP contribution in [-0.4, -0.2) is 58.6 Å². The molecule has 2 heterocycles. The van der Waals surface area contributed by atoms with Gasteiger partial charge in [0, 0.05) is 19.5 Å². The summed E-state index contributed by atoms with van der Waals surface area (Å²) >= 11 is 0. The van der Waals surface area contributed by atoms with Gasteiger partial charge in [-0.1, -0.05) is 43.3 Å². The van der Waals surface area contributed by atoms with Crippen LogP contribution in [0.25, 0.3) is 11.0 Å². The van der Waals surface area contributed by atoms with E-state index in [4.69, 9.17) is 9.47 Å². The number of carbonyl (C=O) groups is 1.